The van der Waals surface area contributed by atoms with Crippen molar-refractivity contribution in [3.63, 3.8) is 0 Å². The van der Waals surface area contributed by atoms with Crippen molar-refractivity contribution in [3.8, 4) is 12.8 Å². The molecule has 3 aromatic rings. The van der Waals surface area contributed by atoms with Crippen molar-refractivity contribution < 1.29 is 13.2 Å². The van der Waals surface area contributed by atoms with Crippen molar-refractivity contribution in [3.05, 3.63) is 43.2 Å². The third-order valence-electron chi connectivity index (χ3n) is 5.81. The van der Waals surface area contributed by atoms with Gasteiger partial charge in [0.1, 0.15) is 5.52 Å². The van der Waals surface area contributed by atoms with E-state index in [2.05, 4.69) is 57.6 Å². The Morgan fingerprint density at radius 3 is 2.44 bits per heavy atom. The topological polar surface area (TPSA) is 137 Å². The van der Waals surface area contributed by atoms with Crippen LogP contribution in [0.4, 0.5) is 17.6 Å². The molecule has 6 rings (SSSR count). The zero-order valence-corrected chi connectivity index (χ0v) is 21.0. The molecule has 0 bridgehead atoms. The van der Waals surface area contributed by atoms with Crippen molar-refractivity contribution in [2.45, 2.75) is 49.7 Å². The van der Waals surface area contributed by atoms with Gasteiger partial charge in [0.15, 0.2) is 11.6 Å². The van der Waals surface area contributed by atoms with Gasteiger partial charge in [0.05, 0.1) is 5.25 Å². The Morgan fingerprint density at radius 1 is 1.14 bits per heavy atom. The van der Waals surface area contributed by atoms with Crippen LogP contribution in [-0.4, -0.2) is 58.0 Å². The zero-order valence-electron chi connectivity index (χ0n) is 20.1. The van der Waals surface area contributed by atoms with Gasteiger partial charge in [-0.2, -0.15) is 10.1 Å². The lowest BCUT2D eigenvalue weighted by Gasteiger charge is -2.16. The summed E-state index contributed by atoms with van der Waals surface area (Å²) in [5.74, 6) is 3.07. The largest absolute Gasteiger partial charge is 0.340 e. The summed E-state index contributed by atoms with van der Waals surface area (Å²) < 4.78 is 25.0. The van der Waals surface area contributed by atoms with E-state index in [9.17, 15) is 13.2 Å². The zero-order chi connectivity index (χ0) is 26.1. The Balaban J connectivity index is 0.000000235. The molecule has 11 nitrogen and oxygen atoms in total. The average molecular weight is 513 g/mol. The van der Waals surface area contributed by atoms with Crippen molar-refractivity contribution in [1.29, 1.82) is 0 Å². The number of nitrogens with zero attached hydrogens (tertiary/aromatic N) is 5. The van der Waals surface area contributed by atoms with Gasteiger partial charge in [0.25, 0.3) is 0 Å². The van der Waals surface area contributed by atoms with Crippen LogP contribution in [0.2, 0.25) is 0 Å². The number of carbonyl (C=O) groups is 1. The molecule has 192 valence electrons. The lowest BCUT2D eigenvalue weighted by molar-refractivity contribution is -0.108. The van der Waals surface area contributed by atoms with E-state index in [-0.39, 0.29) is 11.7 Å². The minimum Gasteiger partial charge on any atom is -0.340 e. The number of terminal acetylenes is 1. The molecule has 2 saturated carbocycles. The summed E-state index contributed by atoms with van der Waals surface area (Å²) in [5.41, 5.74) is 2.18. The third kappa shape index (κ3) is 6.63. The molecule has 3 fully saturated rings. The van der Waals surface area contributed by atoms with E-state index in [4.69, 9.17) is 4.98 Å². The molecule has 0 radical (unpaired) electrons. The van der Waals surface area contributed by atoms with Gasteiger partial charge in [-0.05, 0) is 50.7 Å². The van der Waals surface area contributed by atoms with Crippen LogP contribution in [0.25, 0.3) is 5.52 Å². The lowest BCUT2D eigenvalue weighted by atomic mass is 10.3. The van der Waals surface area contributed by atoms with Gasteiger partial charge in [-0.25, -0.2) is 12.9 Å². The molecule has 3 N–H and O–H groups in total. The number of aromatic amines is 1. The minimum absolute atomic E-state index is 0.202. The number of anilines is 3. The summed E-state index contributed by atoms with van der Waals surface area (Å²) in [6.07, 6.45) is 16.5. The SMILES string of the molecule is C#C.C=C.O=CNS(=O)(=O)C1CC1.c1cc2c(Nc3cc(C4CC4)[nH]n3)nc(N3CCCC3)nn2c1. The molecular formula is C24H32N8O3S. The fourth-order valence-corrected chi connectivity index (χ4v) is 4.82. The quantitative estimate of drug-likeness (QED) is 0.250. The van der Waals surface area contributed by atoms with E-state index in [0.29, 0.717) is 18.8 Å². The number of rotatable bonds is 7. The summed E-state index contributed by atoms with van der Waals surface area (Å²) in [6.45, 7) is 8.06. The first-order valence-corrected chi connectivity index (χ1v) is 13.3. The van der Waals surface area contributed by atoms with Crippen molar-refractivity contribution in [2.75, 3.05) is 23.3 Å². The third-order valence-corrected chi connectivity index (χ3v) is 7.58. The lowest BCUT2D eigenvalue weighted by Crippen LogP contribution is -2.25. The van der Waals surface area contributed by atoms with E-state index < -0.39 is 10.0 Å². The van der Waals surface area contributed by atoms with Crippen molar-refractivity contribution in [1.82, 2.24) is 29.5 Å². The number of hydrogen-bond acceptors (Lipinski definition) is 8. The van der Waals surface area contributed by atoms with Crippen molar-refractivity contribution in [2.24, 2.45) is 0 Å². The average Bonchev–Trinajstić information content (AvgIpc) is 3.77. The van der Waals surface area contributed by atoms with Gasteiger partial charge in [-0.3, -0.25) is 14.6 Å². The highest BCUT2D eigenvalue weighted by Crippen LogP contribution is 2.39. The van der Waals surface area contributed by atoms with Gasteiger partial charge >= 0.3 is 0 Å². The van der Waals surface area contributed by atoms with E-state index in [1.165, 1.54) is 31.4 Å². The molecular weight excluding hydrogens is 480 g/mol. The highest BCUT2D eigenvalue weighted by molar-refractivity contribution is 7.90. The minimum atomic E-state index is -3.26. The van der Waals surface area contributed by atoms with Gasteiger partial charge in [0.2, 0.25) is 22.4 Å². The fraction of sp³-hybridized carbons (Fsp3) is 0.417. The molecule has 0 spiro atoms. The first kappa shape index (κ1) is 26.7. The molecule has 0 aromatic carbocycles. The molecule has 0 unspecified atom stereocenters. The fourth-order valence-electron chi connectivity index (χ4n) is 3.73. The summed E-state index contributed by atoms with van der Waals surface area (Å²) in [7, 11) is -3.26. The molecule has 1 amide bonds. The van der Waals surface area contributed by atoms with Crippen LogP contribution in [0.3, 0.4) is 0 Å². The molecule has 3 aromatic heterocycles. The van der Waals surface area contributed by atoms with E-state index in [1.807, 2.05) is 22.8 Å². The Labute approximate surface area is 211 Å². The molecule has 36 heavy (non-hydrogen) atoms. The highest BCUT2D eigenvalue weighted by Gasteiger charge is 2.35. The summed E-state index contributed by atoms with van der Waals surface area (Å²) in [6, 6.07) is 6.10. The maximum absolute atomic E-state index is 10.7. The number of H-pyrrole nitrogens is 1. The molecule has 3 aliphatic rings. The standard InChI is InChI=1S/C16H19N7.C4H7NO3S.C2H4.C2H2/c1-2-8-22(7-1)16-18-15(13-4-3-9-23(13)21-16)17-14-10-12(19-20-14)11-5-6-11;6-3-5-9(7,8)4-1-2-4;2*1-2/h3-4,9-11H,1-2,5-8H2,(H2,17,18,19,20,21);3-4H,1-2H2,(H,5,6);1-2H2;1-2H. The first-order chi connectivity index (χ1) is 17.5. The second-order valence-electron chi connectivity index (χ2n) is 8.38. The van der Waals surface area contributed by atoms with Gasteiger partial charge in [-0.15, -0.1) is 31.1 Å². The first-order valence-electron chi connectivity index (χ1n) is 11.7. The molecule has 1 saturated heterocycles. The number of aromatic nitrogens is 5. The molecule has 12 heteroatoms. The van der Waals surface area contributed by atoms with Crippen LogP contribution in [0, 0.1) is 12.8 Å². The van der Waals surface area contributed by atoms with Crippen LogP contribution in [0.5, 0.6) is 0 Å². The predicted molar refractivity (Wildman–Crippen MR) is 141 cm³/mol. The normalized spacial score (nSPS) is 16.4. The van der Waals surface area contributed by atoms with Gasteiger partial charge in [-0.1, -0.05) is 0 Å². The number of fused-ring (bicyclic) bond motifs is 1. The molecule has 4 heterocycles. The number of hydrogen-bond donors (Lipinski definition) is 3. The summed E-state index contributed by atoms with van der Waals surface area (Å²) >= 11 is 0. The smallest absolute Gasteiger partial charge is 0.245 e. The van der Waals surface area contributed by atoms with Crippen LogP contribution in [0.15, 0.2) is 37.6 Å². The van der Waals surface area contributed by atoms with Crippen LogP contribution in [-0.2, 0) is 14.8 Å². The molecule has 1 aliphatic heterocycles. The Hall–Kier alpha value is -3.85. The molecule has 0 atom stereocenters. The van der Waals surface area contributed by atoms with Crippen LogP contribution < -0.4 is 14.9 Å². The predicted octanol–water partition coefficient (Wildman–Crippen LogP) is 2.95. The van der Waals surface area contributed by atoms with E-state index in [0.717, 1.165) is 36.2 Å². The number of carbonyl (C=O) groups excluding carboxylic acids is 1. The maximum atomic E-state index is 10.7. The number of sulfonamides is 1. The summed E-state index contributed by atoms with van der Waals surface area (Å²) in [4.78, 5) is 16.7. The molecule has 2 aliphatic carbocycles. The van der Waals surface area contributed by atoms with Crippen LogP contribution in [0.1, 0.15) is 50.1 Å². The van der Waals surface area contributed by atoms with Crippen LogP contribution >= 0.6 is 0 Å². The second-order valence-corrected chi connectivity index (χ2v) is 10.4. The second kappa shape index (κ2) is 12.2. The highest BCUT2D eigenvalue weighted by atomic mass is 32.2. The Morgan fingerprint density at radius 2 is 1.83 bits per heavy atom. The Bertz CT molecular complexity index is 1270. The summed E-state index contributed by atoms with van der Waals surface area (Å²) in [5, 5.41) is 15.2. The Kier molecular flexibility index (Phi) is 9.08. The van der Waals surface area contributed by atoms with Crippen molar-refractivity contribution >= 4 is 39.5 Å². The van der Waals surface area contributed by atoms with E-state index in [1.54, 1.807) is 4.72 Å². The number of amides is 1. The van der Waals surface area contributed by atoms with Gasteiger partial charge < -0.3 is 10.2 Å². The maximum Gasteiger partial charge on any atom is 0.245 e. The monoisotopic (exact) mass is 512 g/mol. The number of nitrogens with one attached hydrogen (secondary N) is 3. The van der Waals surface area contributed by atoms with E-state index >= 15 is 0 Å². The van der Waals surface area contributed by atoms with Gasteiger partial charge in [0, 0.05) is 37.0 Å².